The van der Waals surface area contributed by atoms with Gasteiger partial charge >= 0.3 is 5.97 Å². The van der Waals surface area contributed by atoms with Gasteiger partial charge in [0.2, 0.25) is 0 Å². The molecule has 1 fully saturated rings. The molecule has 1 amide bonds. The Morgan fingerprint density at radius 3 is 2.66 bits per heavy atom. The molecule has 29 heavy (non-hydrogen) atoms. The van der Waals surface area contributed by atoms with E-state index < -0.39 is 8.32 Å². The molecule has 0 aromatic carbocycles. The Hall–Kier alpha value is -1.73. The number of piperidine rings is 1. The van der Waals surface area contributed by atoms with Crippen LogP contribution < -0.4 is 0 Å². The third-order valence-electron chi connectivity index (χ3n) is 6.07. The van der Waals surface area contributed by atoms with Gasteiger partial charge in [0, 0.05) is 12.7 Å². The summed E-state index contributed by atoms with van der Waals surface area (Å²) in [6.45, 7) is 14.5. The maximum Gasteiger partial charge on any atom is 0.311 e. The number of rotatable bonds is 7. The number of ether oxygens (including phenoxy) is 1. The van der Waals surface area contributed by atoms with Crippen molar-refractivity contribution in [2.75, 3.05) is 19.8 Å². The van der Waals surface area contributed by atoms with Gasteiger partial charge in [-0.15, -0.1) is 0 Å². The predicted octanol–water partition coefficient (Wildman–Crippen LogP) is 4.20. The molecule has 0 radical (unpaired) electrons. The minimum Gasteiger partial charge on any atom is -0.466 e. The van der Waals surface area contributed by atoms with Gasteiger partial charge in [0.25, 0.3) is 5.91 Å². The lowest BCUT2D eigenvalue weighted by Gasteiger charge is -2.41. The third-order valence-corrected chi connectivity index (χ3v) is 10.6. The number of pyridine rings is 1. The highest BCUT2D eigenvalue weighted by molar-refractivity contribution is 6.74. The highest BCUT2D eigenvalue weighted by Crippen LogP contribution is 2.37. The number of esters is 1. The highest BCUT2D eigenvalue weighted by Gasteiger charge is 2.39. The zero-order valence-corrected chi connectivity index (χ0v) is 19.8. The van der Waals surface area contributed by atoms with E-state index in [1.807, 2.05) is 4.90 Å². The molecule has 1 aliphatic heterocycles. The molecule has 7 heteroatoms. The van der Waals surface area contributed by atoms with E-state index in [4.69, 9.17) is 9.16 Å². The highest BCUT2D eigenvalue weighted by atomic mass is 28.4. The summed E-state index contributed by atoms with van der Waals surface area (Å²) >= 11 is 0. The normalized spacial score (nSPS) is 17.9. The largest absolute Gasteiger partial charge is 0.466 e. The number of amides is 1. The van der Waals surface area contributed by atoms with Crippen molar-refractivity contribution in [1.82, 2.24) is 9.88 Å². The second kappa shape index (κ2) is 9.85. The van der Waals surface area contributed by atoms with Crippen molar-refractivity contribution < 1.29 is 18.8 Å². The molecule has 1 aliphatic rings. The Bertz CT molecular complexity index is 715. The van der Waals surface area contributed by atoms with Gasteiger partial charge in [-0.2, -0.15) is 0 Å². The molecule has 2 rings (SSSR count). The quantitative estimate of drug-likeness (QED) is 0.488. The van der Waals surface area contributed by atoms with Crippen LogP contribution in [-0.2, 0) is 20.4 Å². The number of nitrogens with zero attached hydrogens (tertiary/aromatic N) is 2. The van der Waals surface area contributed by atoms with Crippen molar-refractivity contribution in [3.8, 4) is 0 Å². The van der Waals surface area contributed by atoms with Crippen molar-refractivity contribution in [2.24, 2.45) is 0 Å². The molecule has 0 aliphatic carbocycles. The van der Waals surface area contributed by atoms with E-state index >= 15 is 0 Å². The fourth-order valence-corrected chi connectivity index (χ4v) is 4.28. The maximum absolute atomic E-state index is 13.4. The van der Waals surface area contributed by atoms with Gasteiger partial charge in [0.05, 0.1) is 36.9 Å². The number of hydrogen-bond donors (Lipinski definition) is 0. The Morgan fingerprint density at radius 2 is 2.00 bits per heavy atom. The summed E-state index contributed by atoms with van der Waals surface area (Å²) in [7, 11) is -1.89. The van der Waals surface area contributed by atoms with Crippen LogP contribution in [0.4, 0.5) is 0 Å². The Morgan fingerprint density at radius 1 is 1.28 bits per heavy atom. The average molecular weight is 421 g/mol. The molecule has 1 saturated heterocycles. The van der Waals surface area contributed by atoms with Crippen molar-refractivity contribution in [1.29, 1.82) is 0 Å². The third kappa shape index (κ3) is 6.12. The first kappa shape index (κ1) is 23.5. The summed E-state index contributed by atoms with van der Waals surface area (Å²) in [5.74, 6) is -0.433. The fraction of sp³-hybridized carbons (Fsp3) is 0.682. The van der Waals surface area contributed by atoms with E-state index in [-0.39, 0.29) is 29.4 Å². The van der Waals surface area contributed by atoms with Crippen LogP contribution >= 0.6 is 0 Å². The number of aromatic nitrogens is 1. The van der Waals surface area contributed by atoms with Gasteiger partial charge in [-0.25, -0.2) is 0 Å². The molecule has 1 aromatic heterocycles. The van der Waals surface area contributed by atoms with Gasteiger partial charge in [-0.05, 0) is 56.5 Å². The van der Waals surface area contributed by atoms with Crippen molar-refractivity contribution in [3.63, 3.8) is 0 Å². The van der Waals surface area contributed by atoms with E-state index in [2.05, 4.69) is 38.8 Å². The summed E-state index contributed by atoms with van der Waals surface area (Å²) < 4.78 is 11.5. The van der Waals surface area contributed by atoms with Gasteiger partial charge < -0.3 is 14.1 Å². The molecule has 0 saturated carbocycles. The summed E-state index contributed by atoms with van der Waals surface area (Å²) in [5, 5.41) is 0.132. The second-order valence-corrected chi connectivity index (χ2v) is 14.0. The SMILES string of the molecule is CCOC(=O)Cc1ncccc1C(=O)N1CCCC[C@H]1CO[Si](C)(C)C(C)(C)C. The van der Waals surface area contributed by atoms with E-state index in [1.165, 1.54) is 0 Å². The van der Waals surface area contributed by atoms with Crippen LogP contribution in [0.15, 0.2) is 18.3 Å². The molecule has 1 atom stereocenters. The van der Waals surface area contributed by atoms with Crippen LogP contribution in [-0.4, -0.2) is 55.9 Å². The lowest BCUT2D eigenvalue weighted by molar-refractivity contribution is -0.142. The van der Waals surface area contributed by atoms with Crippen molar-refractivity contribution in [2.45, 2.75) is 77.6 Å². The minimum atomic E-state index is -1.89. The van der Waals surface area contributed by atoms with Gasteiger partial charge in [-0.1, -0.05) is 20.8 Å². The van der Waals surface area contributed by atoms with E-state index in [1.54, 1.807) is 25.3 Å². The molecule has 2 heterocycles. The molecular weight excluding hydrogens is 384 g/mol. The molecule has 1 aromatic rings. The minimum absolute atomic E-state index is 0.00866. The zero-order chi connectivity index (χ0) is 21.7. The Kier molecular flexibility index (Phi) is 7.99. The van der Waals surface area contributed by atoms with E-state index in [9.17, 15) is 9.59 Å². The van der Waals surface area contributed by atoms with Crippen LogP contribution in [0.25, 0.3) is 0 Å². The maximum atomic E-state index is 13.4. The number of hydrogen-bond acceptors (Lipinski definition) is 5. The van der Waals surface area contributed by atoms with Crippen LogP contribution in [0.3, 0.4) is 0 Å². The number of carbonyl (C=O) groups excluding carboxylic acids is 2. The van der Waals surface area contributed by atoms with Gasteiger partial charge in [-0.3, -0.25) is 14.6 Å². The van der Waals surface area contributed by atoms with E-state index in [0.29, 0.717) is 31.0 Å². The van der Waals surface area contributed by atoms with Gasteiger partial charge in [0.1, 0.15) is 0 Å². The smallest absolute Gasteiger partial charge is 0.311 e. The topological polar surface area (TPSA) is 68.7 Å². The van der Waals surface area contributed by atoms with Crippen LogP contribution in [0, 0.1) is 0 Å². The lowest BCUT2D eigenvalue weighted by atomic mass is 10.0. The summed E-state index contributed by atoms with van der Waals surface area (Å²) in [6, 6.07) is 3.55. The first-order valence-electron chi connectivity index (χ1n) is 10.6. The molecule has 162 valence electrons. The zero-order valence-electron chi connectivity index (χ0n) is 18.8. The Balaban J connectivity index is 2.17. The summed E-state index contributed by atoms with van der Waals surface area (Å²) in [5.41, 5.74) is 0.963. The number of likely N-dealkylation sites (tertiary alicyclic amines) is 1. The first-order chi connectivity index (χ1) is 13.6. The summed E-state index contributed by atoms with van der Waals surface area (Å²) in [6.07, 6.45) is 4.63. The molecule has 0 N–H and O–H groups in total. The molecule has 0 spiro atoms. The predicted molar refractivity (Wildman–Crippen MR) is 116 cm³/mol. The standard InChI is InChI=1S/C22H36N2O4Si/c1-7-27-20(25)15-19-18(12-10-13-23-19)21(26)24-14-9-8-11-17(24)16-28-29(5,6)22(2,3)4/h10,12-13,17H,7-9,11,14-16H2,1-6H3/t17-/m0/s1. The Labute approximate surface area is 176 Å². The molecule has 0 unspecified atom stereocenters. The summed E-state index contributed by atoms with van der Waals surface area (Å²) in [4.78, 5) is 31.5. The van der Waals surface area contributed by atoms with Gasteiger partial charge in [0.15, 0.2) is 8.32 Å². The second-order valence-electron chi connectivity index (χ2n) is 9.20. The first-order valence-corrected chi connectivity index (χ1v) is 13.5. The van der Waals surface area contributed by atoms with Crippen molar-refractivity contribution in [3.05, 3.63) is 29.6 Å². The fourth-order valence-electron chi connectivity index (χ4n) is 3.24. The van der Waals surface area contributed by atoms with E-state index in [0.717, 1.165) is 19.3 Å². The molecule has 0 bridgehead atoms. The number of carbonyl (C=O) groups is 2. The van der Waals surface area contributed by atoms with Crippen LogP contribution in [0.5, 0.6) is 0 Å². The average Bonchev–Trinajstić information content (AvgIpc) is 2.66. The van der Waals surface area contributed by atoms with Crippen molar-refractivity contribution >= 4 is 20.2 Å². The monoisotopic (exact) mass is 420 g/mol. The molecule has 6 nitrogen and oxygen atoms in total. The molecular formula is C22H36N2O4Si. The van der Waals surface area contributed by atoms with Crippen LogP contribution in [0.2, 0.25) is 18.1 Å². The van der Waals surface area contributed by atoms with Crippen LogP contribution in [0.1, 0.15) is 63.0 Å². The lowest BCUT2D eigenvalue weighted by Crippen LogP contribution is -2.50.